The van der Waals surface area contributed by atoms with E-state index in [9.17, 15) is 0 Å². The Balaban J connectivity index is 1.65. The first-order valence-corrected chi connectivity index (χ1v) is 6.56. The van der Waals surface area contributed by atoms with Gasteiger partial charge in [0.1, 0.15) is 5.69 Å². The Labute approximate surface area is 119 Å². The second-order valence-electron chi connectivity index (χ2n) is 4.62. The molecule has 1 N–H and O–H groups in total. The van der Waals surface area contributed by atoms with Gasteiger partial charge in [0.05, 0.1) is 17.6 Å². The highest BCUT2D eigenvalue weighted by Gasteiger charge is 2.12. The van der Waals surface area contributed by atoms with E-state index in [2.05, 4.69) is 25.3 Å². The van der Waals surface area contributed by atoms with E-state index in [0.29, 0.717) is 23.8 Å². The lowest BCUT2D eigenvalue weighted by Crippen LogP contribution is -1.90. The molecule has 0 fully saturated rings. The number of pyridine rings is 1. The molecule has 0 spiro atoms. The van der Waals surface area contributed by atoms with Crippen LogP contribution in [0.15, 0.2) is 53.2 Å². The van der Waals surface area contributed by atoms with Gasteiger partial charge in [-0.25, -0.2) is 0 Å². The maximum Gasteiger partial charge on any atom is 0.233 e. The van der Waals surface area contributed by atoms with Crippen molar-refractivity contribution in [3.8, 4) is 11.5 Å². The molecular weight excluding hydrogens is 266 g/mol. The summed E-state index contributed by atoms with van der Waals surface area (Å²) in [5, 5.41) is 12.3. The number of nitrogens with one attached hydrogen (secondary N) is 1. The predicted octanol–water partition coefficient (Wildman–Crippen LogP) is 2.60. The highest BCUT2D eigenvalue weighted by Crippen LogP contribution is 2.19. The second kappa shape index (κ2) is 4.82. The number of aromatic nitrogens is 5. The van der Waals surface area contributed by atoms with Gasteiger partial charge in [-0.15, -0.1) is 0 Å². The molecule has 0 saturated carbocycles. The molecule has 21 heavy (non-hydrogen) atoms. The van der Waals surface area contributed by atoms with Crippen molar-refractivity contribution in [3.05, 3.63) is 60.2 Å². The number of rotatable bonds is 3. The molecule has 4 aromatic rings. The highest BCUT2D eigenvalue weighted by molar-refractivity contribution is 5.81. The number of hydrogen-bond donors (Lipinski definition) is 1. The Morgan fingerprint density at radius 1 is 1.05 bits per heavy atom. The number of nitrogens with zero attached hydrogens (tertiary/aromatic N) is 4. The second-order valence-corrected chi connectivity index (χ2v) is 4.62. The highest BCUT2D eigenvalue weighted by atomic mass is 16.5. The van der Waals surface area contributed by atoms with Gasteiger partial charge in [0, 0.05) is 11.6 Å². The molecule has 6 heteroatoms. The molecule has 0 radical (unpaired) electrons. The summed E-state index contributed by atoms with van der Waals surface area (Å²) in [6, 6.07) is 13.5. The monoisotopic (exact) mass is 277 g/mol. The molecule has 6 nitrogen and oxygen atoms in total. The fourth-order valence-corrected chi connectivity index (χ4v) is 2.23. The first kappa shape index (κ1) is 11.8. The lowest BCUT2D eigenvalue weighted by molar-refractivity contribution is 0.385. The fraction of sp³-hybridized carbons (Fsp3) is 0.0667. The van der Waals surface area contributed by atoms with Crippen molar-refractivity contribution in [2.24, 2.45) is 0 Å². The van der Waals surface area contributed by atoms with E-state index in [-0.39, 0.29) is 0 Å². The van der Waals surface area contributed by atoms with Crippen LogP contribution in [0.25, 0.3) is 22.4 Å². The maximum atomic E-state index is 5.29. The Morgan fingerprint density at radius 2 is 1.95 bits per heavy atom. The van der Waals surface area contributed by atoms with Crippen LogP contribution in [0.2, 0.25) is 0 Å². The summed E-state index contributed by atoms with van der Waals surface area (Å²) in [6.07, 6.45) is 2.22. The molecule has 0 aliphatic heterocycles. The zero-order chi connectivity index (χ0) is 14.1. The Morgan fingerprint density at radius 3 is 2.86 bits per heavy atom. The van der Waals surface area contributed by atoms with E-state index < -0.39 is 0 Å². The molecule has 102 valence electrons. The summed E-state index contributed by atoms with van der Waals surface area (Å²) in [4.78, 5) is 8.58. The van der Waals surface area contributed by atoms with Gasteiger partial charge in [-0.1, -0.05) is 29.4 Å². The number of para-hydroxylation sites is 1. The maximum absolute atomic E-state index is 5.29. The zero-order valence-corrected chi connectivity index (χ0v) is 11.0. The Kier molecular flexibility index (Phi) is 2.71. The molecule has 3 heterocycles. The largest absolute Gasteiger partial charge is 0.338 e. The van der Waals surface area contributed by atoms with Crippen LogP contribution in [0.3, 0.4) is 0 Å². The molecule has 4 rings (SSSR count). The Bertz CT molecular complexity index is 881. The number of benzene rings is 1. The van der Waals surface area contributed by atoms with Gasteiger partial charge in [-0.05, 0) is 18.2 Å². The lowest BCUT2D eigenvalue weighted by atomic mass is 10.2. The lowest BCUT2D eigenvalue weighted by Gasteiger charge is -1.93. The minimum atomic E-state index is 0.495. The van der Waals surface area contributed by atoms with Crippen molar-refractivity contribution >= 4 is 10.9 Å². The van der Waals surface area contributed by atoms with Gasteiger partial charge in [0.2, 0.25) is 11.7 Å². The quantitative estimate of drug-likeness (QED) is 0.622. The van der Waals surface area contributed by atoms with Gasteiger partial charge >= 0.3 is 0 Å². The van der Waals surface area contributed by atoms with Crippen molar-refractivity contribution in [2.75, 3.05) is 0 Å². The van der Waals surface area contributed by atoms with Crippen LogP contribution in [-0.2, 0) is 6.42 Å². The summed E-state index contributed by atoms with van der Waals surface area (Å²) in [7, 11) is 0. The summed E-state index contributed by atoms with van der Waals surface area (Å²) in [5.74, 6) is 1.03. The number of hydrogen-bond acceptors (Lipinski definition) is 5. The van der Waals surface area contributed by atoms with Gasteiger partial charge in [-0.2, -0.15) is 10.1 Å². The van der Waals surface area contributed by atoms with E-state index in [0.717, 1.165) is 16.6 Å². The molecular formula is C15H11N5O. The first-order valence-electron chi connectivity index (χ1n) is 6.56. The van der Waals surface area contributed by atoms with E-state index in [4.69, 9.17) is 4.52 Å². The van der Waals surface area contributed by atoms with Crippen LogP contribution in [-0.4, -0.2) is 25.3 Å². The molecule has 3 aromatic heterocycles. The van der Waals surface area contributed by atoms with Crippen molar-refractivity contribution < 1.29 is 4.52 Å². The van der Waals surface area contributed by atoms with Crippen LogP contribution in [0.5, 0.6) is 0 Å². The molecule has 0 aliphatic carbocycles. The number of H-pyrrole nitrogens is 1. The number of aromatic amines is 1. The fourth-order valence-electron chi connectivity index (χ4n) is 2.23. The van der Waals surface area contributed by atoms with Crippen molar-refractivity contribution in [2.45, 2.75) is 6.42 Å². The summed E-state index contributed by atoms with van der Waals surface area (Å²) >= 11 is 0. The summed E-state index contributed by atoms with van der Waals surface area (Å²) in [5.41, 5.74) is 2.58. The van der Waals surface area contributed by atoms with Crippen molar-refractivity contribution in [1.29, 1.82) is 0 Å². The minimum Gasteiger partial charge on any atom is -0.338 e. The molecule has 0 atom stereocenters. The van der Waals surface area contributed by atoms with Crippen LogP contribution in [0, 0.1) is 0 Å². The SMILES string of the molecule is c1ccc(-c2noc(Cc3[nH]nc4ccccc34)n2)nc1. The van der Waals surface area contributed by atoms with E-state index in [1.54, 1.807) is 6.20 Å². The zero-order valence-electron chi connectivity index (χ0n) is 11.0. The number of fused-ring (bicyclic) bond motifs is 1. The third kappa shape index (κ3) is 2.16. The molecule has 0 saturated heterocycles. The molecule has 0 amide bonds. The average molecular weight is 277 g/mol. The minimum absolute atomic E-state index is 0.495. The standard InChI is InChI=1S/C15H11N5O/c1-2-6-11-10(5-1)13(19-18-11)9-14-17-15(20-21-14)12-7-3-4-8-16-12/h1-8H,9H2,(H,18,19). The van der Waals surface area contributed by atoms with Crippen molar-refractivity contribution in [1.82, 2.24) is 25.3 Å². The van der Waals surface area contributed by atoms with Gasteiger partial charge in [0.25, 0.3) is 0 Å². The summed E-state index contributed by atoms with van der Waals surface area (Å²) in [6.45, 7) is 0. The van der Waals surface area contributed by atoms with E-state index in [1.807, 2.05) is 42.5 Å². The molecule has 1 aromatic carbocycles. The third-order valence-electron chi connectivity index (χ3n) is 3.23. The van der Waals surface area contributed by atoms with Gasteiger partial charge in [0.15, 0.2) is 0 Å². The van der Waals surface area contributed by atoms with Crippen LogP contribution in [0.4, 0.5) is 0 Å². The summed E-state index contributed by atoms with van der Waals surface area (Å²) < 4.78 is 5.29. The van der Waals surface area contributed by atoms with Crippen LogP contribution in [0.1, 0.15) is 11.6 Å². The first-order chi connectivity index (χ1) is 10.4. The molecule has 0 bridgehead atoms. The van der Waals surface area contributed by atoms with E-state index >= 15 is 0 Å². The van der Waals surface area contributed by atoms with Crippen molar-refractivity contribution in [3.63, 3.8) is 0 Å². The van der Waals surface area contributed by atoms with Gasteiger partial charge < -0.3 is 4.52 Å². The van der Waals surface area contributed by atoms with E-state index in [1.165, 1.54) is 0 Å². The van der Waals surface area contributed by atoms with Crippen LogP contribution >= 0.6 is 0 Å². The smallest absolute Gasteiger partial charge is 0.233 e. The molecule has 0 unspecified atom stereocenters. The normalized spacial score (nSPS) is 11.0. The Hall–Kier alpha value is -3.02. The molecule has 0 aliphatic rings. The predicted molar refractivity (Wildman–Crippen MR) is 76.4 cm³/mol. The average Bonchev–Trinajstić information content (AvgIpc) is 3.17. The third-order valence-corrected chi connectivity index (χ3v) is 3.23. The topological polar surface area (TPSA) is 80.5 Å². The van der Waals surface area contributed by atoms with Gasteiger partial charge in [-0.3, -0.25) is 10.1 Å². The van der Waals surface area contributed by atoms with Crippen LogP contribution < -0.4 is 0 Å².